The van der Waals surface area contributed by atoms with Gasteiger partial charge in [0.25, 0.3) is 0 Å². The van der Waals surface area contributed by atoms with Crippen molar-refractivity contribution >= 4 is 31.9 Å². The molecule has 0 aliphatic heterocycles. The Labute approximate surface area is 169 Å². The van der Waals surface area contributed by atoms with Crippen LogP contribution < -0.4 is 9.47 Å². The van der Waals surface area contributed by atoms with Crippen LogP contribution in [-0.2, 0) is 0 Å². The molecule has 2 atom stereocenters. The van der Waals surface area contributed by atoms with Gasteiger partial charge in [0.05, 0.1) is 22.2 Å². The van der Waals surface area contributed by atoms with Crippen LogP contribution >= 0.6 is 31.9 Å². The van der Waals surface area contributed by atoms with Crippen LogP contribution in [0.2, 0.25) is 0 Å². The van der Waals surface area contributed by atoms with Crippen LogP contribution in [0.15, 0.2) is 45.3 Å². The van der Waals surface area contributed by atoms with Gasteiger partial charge in [0.15, 0.2) is 0 Å². The van der Waals surface area contributed by atoms with Gasteiger partial charge in [0, 0.05) is 0 Å². The third-order valence-corrected chi connectivity index (χ3v) is 6.00. The number of benzene rings is 2. The highest BCUT2D eigenvalue weighted by atomic mass is 79.9. The van der Waals surface area contributed by atoms with E-state index in [1.165, 1.54) is 37.1 Å². The highest BCUT2D eigenvalue weighted by Gasteiger charge is 2.27. The van der Waals surface area contributed by atoms with Crippen molar-refractivity contribution in [3.63, 3.8) is 0 Å². The summed E-state index contributed by atoms with van der Waals surface area (Å²) in [5.41, 5.74) is 0. The minimum absolute atomic E-state index is 0.293. The standard InChI is InChI=1S/C20H20Br2F2O2/c21-17-9-15(23)5-7-19(17)25-11-13-3-1-2-4-14(13)12-26-20-8-6-16(24)10-18(20)22/h5-10,13-14H,1-4,11-12H2. The molecule has 1 aliphatic carbocycles. The van der Waals surface area contributed by atoms with Crippen LogP contribution in [0.5, 0.6) is 11.5 Å². The predicted molar refractivity (Wildman–Crippen MR) is 105 cm³/mol. The molecule has 0 aromatic heterocycles. The van der Waals surface area contributed by atoms with Crippen LogP contribution in [0.4, 0.5) is 8.78 Å². The maximum absolute atomic E-state index is 13.2. The molecule has 2 unspecified atom stereocenters. The van der Waals surface area contributed by atoms with E-state index in [1.807, 2.05) is 0 Å². The van der Waals surface area contributed by atoms with Gasteiger partial charge in [-0.3, -0.25) is 0 Å². The summed E-state index contributed by atoms with van der Waals surface area (Å²) in [4.78, 5) is 0. The summed E-state index contributed by atoms with van der Waals surface area (Å²) in [5.74, 6) is 1.46. The molecule has 1 saturated carbocycles. The second kappa shape index (κ2) is 9.18. The molecule has 1 aliphatic rings. The SMILES string of the molecule is Fc1ccc(OCC2CCCCC2COc2ccc(F)cc2Br)c(Br)c1. The second-order valence-corrected chi connectivity index (χ2v) is 8.28. The molecule has 0 heterocycles. The van der Waals surface area contributed by atoms with E-state index in [4.69, 9.17) is 9.47 Å². The van der Waals surface area contributed by atoms with Gasteiger partial charge >= 0.3 is 0 Å². The Morgan fingerprint density at radius 2 is 1.19 bits per heavy atom. The highest BCUT2D eigenvalue weighted by molar-refractivity contribution is 9.10. The zero-order valence-electron chi connectivity index (χ0n) is 14.2. The van der Waals surface area contributed by atoms with Crippen LogP contribution in [0.25, 0.3) is 0 Å². The number of halogens is 4. The third-order valence-electron chi connectivity index (χ3n) is 4.76. The maximum Gasteiger partial charge on any atom is 0.133 e. The maximum atomic E-state index is 13.2. The fourth-order valence-electron chi connectivity index (χ4n) is 3.30. The molecule has 3 rings (SSSR count). The van der Waals surface area contributed by atoms with Gasteiger partial charge in [0.2, 0.25) is 0 Å². The van der Waals surface area contributed by atoms with Crippen LogP contribution in [0.1, 0.15) is 25.7 Å². The molecule has 2 aromatic rings. The molecule has 2 nitrogen and oxygen atoms in total. The number of hydrogen-bond acceptors (Lipinski definition) is 2. The second-order valence-electron chi connectivity index (χ2n) is 6.58. The summed E-state index contributed by atoms with van der Waals surface area (Å²) >= 11 is 6.67. The average Bonchev–Trinajstić information content (AvgIpc) is 2.61. The molecule has 6 heteroatoms. The topological polar surface area (TPSA) is 18.5 Å². The molecule has 0 amide bonds. The van der Waals surface area contributed by atoms with E-state index >= 15 is 0 Å². The van der Waals surface area contributed by atoms with Gasteiger partial charge in [-0.2, -0.15) is 0 Å². The van der Waals surface area contributed by atoms with E-state index in [0.717, 1.165) is 12.8 Å². The van der Waals surface area contributed by atoms with E-state index in [9.17, 15) is 8.78 Å². The lowest BCUT2D eigenvalue weighted by atomic mass is 9.80. The van der Waals surface area contributed by atoms with Crippen molar-refractivity contribution in [1.82, 2.24) is 0 Å². The van der Waals surface area contributed by atoms with Gasteiger partial charge in [-0.1, -0.05) is 12.8 Å². The van der Waals surface area contributed by atoms with Crippen molar-refractivity contribution in [3.8, 4) is 11.5 Å². The smallest absolute Gasteiger partial charge is 0.133 e. The third kappa shape index (κ3) is 5.19. The van der Waals surface area contributed by atoms with Gasteiger partial charge in [-0.15, -0.1) is 0 Å². The summed E-state index contributed by atoms with van der Waals surface area (Å²) < 4.78 is 39.5. The summed E-state index contributed by atoms with van der Waals surface area (Å²) in [6.07, 6.45) is 4.51. The minimum Gasteiger partial charge on any atom is -0.492 e. The molecule has 0 bridgehead atoms. The fourth-order valence-corrected chi connectivity index (χ4v) is 4.23. The van der Waals surface area contributed by atoms with E-state index < -0.39 is 0 Å². The van der Waals surface area contributed by atoms with Crippen molar-refractivity contribution in [2.75, 3.05) is 13.2 Å². The number of ether oxygens (including phenoxy) is 2. The number of hydrogen-bond donors (Lipinski definition) is 0. The molecular weight excluding hydrogens is 470 g/mol. The van der Waals surface area contributed by atoms with Crippen LogP contribution in [0, 0.1) is 23.5 Å². The van der Waals surface area contributed by atoms with Crippen LogP contribution in [0.3, 0.4) is 0 Å². The Hall–Kier alpha value is -1.14. The molecule has 26 heavy (non-hydrogen) atoms. The monoisotopic (exact) mass is 488 g/mol. The van der Waals surface area contributed by atoms with E-state index in [0.29, 0.717) is 45.5 Å². The summed E-state index contributed by atoms with van der Waals surface area (Å²) in [5, 5.41) is 0. The highest BCUT2D eigenvalue weighted by Crippen LogP contribution is 2.34. The van der Waals surface area contributed by atoms with E-state index in [-0.39, 0.29) is 11.6 Å². The van der Waals surface area contributed by atoms with Crippen molar-refractivity contribution in [3.05, 3.63) is 57.0 Å². The Bertz CT molecular complexity index is 691. The largest absolute Gasteiger partial charge is 0.492 e. The number of rotatable bonds is 6. The lowest BCUT2D eigenvalue weighted by Crippen LogP contribution is -2.29. The summed E-state index contributed by atoms with van der Waals surface area (Å²) in [6, 6.07) is 8.89. The fraction of sp³-hybridized carbons (Fsp3) is 0.400. The Kier molecular flexibility index (Phi) is 6.92. The molecule has 1 fully saturated rings. The Morgan fingerprint density at radius 1 is 0.769 bits per heavy atom. The molecular formula is C20H20Br2F2O2. The zero-order chi connectivity index (χ0) is 18.5. The lowest BCUT2D eigenvalue weighted by Gasteiger charge is -2.31. The lowest BCUT2D eigenvalue weighted by molar-refractivity contribution is 0.104. The van der Waals surface area contributed by atoms with Crippen molar-refractivity contribution < 1.29 is 18.3 Å². The first-order chi connectivity index (χ1) is 12.5. The minimum atomic E-state index is -0.293. The van der Waals surface area contributed by atoms with Gasteiger partial charge in [-0.05, 0) is 92.9 Å². The summed E-state index contributed by atoms with van der Waals surface area (Å²) in [6.45, 7) is 1.14. The molecule has 0 radical (unpaired) electrons. The summed E-state index contributed by atoms with van der Waals surface area (Å²) in [7, 11) is 0. The quantitative estimate of drug-likeness (QED) is 0.446. The van der Waals surface area contributed by atoms with Gasteiger partial charge in [0.1, 0.15) is 23.1 Å². The van der Waals surface area contributed by atoms with E-state index in [1.54, 1.807) is 12.1 Å². The molecule has 0 N–H and O–H groups in total. The van der Waals surface area contributed by atoms with Gasteiger partial charge < -0.3 is 9.47 Å². The average molecular weight is 490 g/mol. The first kappa shape index (κ1) is 19.6. The van der Waals surface area contributed by atoms with Gasteiger partial charge in [-0.25, -0.2) is 8.78 Å². The molecule has 0 spiro atoms. The first-order valence-corrected chi connectivity index (χ1v) is 10.3. The van der Waals surface area contributed by atoms with E-state index in [2.05, 4.69) is 31.9 Å². The zero-order valence-corrected chi connectivity index (χ0v) is 17.4. The Morgan fingerprint density at radius 3 is 1.58 bits per heavy atom. The van der Waals surface area contributed by atoms with Crippen molar-refractivity contribution in [2.24, 2.45) is 11.8 Å². The molecule has 0 saturated heterocycles. The van der Waals surface area contributed by atoms with Crippen LogP contribution in [-0.4, -0.2) is 13.2 Å². The first-order valence-electron chi connectivity index (χ1n) is 8.68. The molecule has 140 valence electrons. The van der Waals surface area contributed by atoms with Crippen molar-refractivity contribution in [1.29, 1.82) is 0 Å². The predicted octanol–water partition coefficient (Wildman–Crippen LogP) is 6.75. The molecule has 2 aromatic carbocycles. The Balaban J connectivity index is 1.58. The normalized spacial score (nSPS) is 20.0. The van der Waals surface area contributed by atoms with Crippen molar-refractivity contribution in [2.45, 2.75) is 25.7 Å².